The molecule has 8 nitrogen and oxygen atoms in total. The Hall–Kier alpha value is -1.77. The first-order valence-electron chi connectivity index (χ1n) is 9.01. The summed E-state index contributed by atoms with van der Waals surface area (Å²) in [6.07, 6.45) is 5.53. The summed E-state index contributed by atoms with van der Waals surface area (Å²) in [7, 11) is 0. The van der Waals surface area contributed by atoms with E-state index in [0.29, 0.717) is 0 Å². The van der Waals surface area contributed by atoms with Crippen molar-refractivity contribution in [2.24, 2.45) is 5.16 Å². The Morgan fingerprint density at radius 2 is 2.04 bits per heavy atom. The molecule has 2 aliphatic heterocycles. The summed E-state index contributed by atoms with van der Waals surface area (Å²) in [5.74, 6) is -1.64. The lowest BCUT2D eigenvalue weighted by Crippen LogP contribution is -2.70. The molecule has 144 valence electrons. The van der Waals surface area contributed by atoms with Crippen LogP contribution in [-0.4, -0.2) is 62.3 Å². The standard InChI is InChI=1S/C17H25N3O5S/c1-17(2)13(16(23)24)20-14(22)12(15(20)26-17)18-11(21)8-9-25-19-10-6-4-3-5-7-10/h12-13,15H,3-9H2,1-2H3,(H,18,21)(H,23,24)/t12?,13-,15?/m0/s1. The number of amides is 2. The molecule has 0 bridgehead atoms. The van der Waals surface area contributed by atoms with Crippen LogP contribution >= 0.6 is 11.8 Å². The van der Waals surface area contributed by atoms with Gasteiger partial charge in [-0.3, -0.25) is 9.59 Å². The SMILES string of the molecule is CC1(C)SC2C(NC(=O)CCON=C3CCCCC3)C(=O)N2[C@H]1C(=O)O. The third kappa shape index (κ3) is 3.67. The van der Waals surface area contributed by atoms with Crippen LogP contribution in [0.3, 0.4) is 0 Å². The molecule has 2 amide bonds. The van der Waals surface area contributed by atoms with Crippen molar-refractivity contribution in [3.05, 3.63) is 0 Å². The van der Waals surface area contributed by atoms with Crippen LogP contribution in [0.2, 0.25) is 0 Å². The summed E-state index contributed by atoms with van der Waals surface area (Å²) >= 11 is 1.41. The van der Waals surface area contributed by atoms with Gasteiger partial charge in [0.25, 0.3) is 0 Å². The topological polar surface area (TPSA) is 108 Å². The monoisotopic (exact) mass is 383 g/mol. The van der Waals surface area contributed by atoms with E-state index < -0.39 is 22.8 Å². The lowest BCUT2D eigenvalue weighted by molar-refractivity contribution is -0.161. The van der Waals surface area contributed by atoms with E-state index in [1.807, 2.05) is 0 Å². The maximum absolute atomic E-state index is 12.3. The summed E-state index contributed by atoms with van der Waals surface area (Å²) in [6, 6.07) is -1.53. The van der Waals surface area contributed by atoms with Crippen LogP contribution in [-0.2, 0) is 19.2 Å². The number of carboxylic acids is 1. The summed E-state index contributed by atoms with van der Waals surface area (Å²) in [4.78, 5) is 42.4. The van der Waals surface area contributed by atoms with Gasteiger partial charge >= 0.3 is 5.97 Å². The zero-order chi connectivity index (χ0) is 18.9. The summed E-state index contributed by atoms with van der Waals surface area (Å²) in [5.41, 5.74) is 1.05. The molecule has 2 saturated heterocycles. The molecular weight excluding hydrogens is 358 g/mol. The van der Waals surface area contributed by atoms with Gasteiger partial charge in [0.2, 0.25) is 11.8 Å². The predicted molar refractivity (Wildman–Crippen MR) is 96.7 cm³/mol. The number of oxime groups is 1. The molecule has 9 heteroatoms. The minimum absolute atomic E-state index is 0.115. The minimum Gasteiger partial charge on any atom is -0.480 e. The van der Waals surface area contributed by atoms with Crippen LogP contribution in [0.1, 0.15) is 52.4 Å². The van der Waals surface area contributed by atoms with Crippen LogP contribution in [0, 0.1) is 0 Å². The Labute approximate surface area is 156 Å². The van der Waals surface area contributed by atoms with Crippen LogP contribution in [0.4, 0.5) is 0 Å². The largest absolute Gasteiger partial charge is 0.480 e. The van der Waals surface area contributed by atoms with Crippen molar-refractivity contribution in [3.63, 3.8) is 0 Å². The molecule has 0 aromatic carbocycles. The highest BCUT2D eigenvalue weighted by Gasteiger charge is 2.64. The third-order valence-electron chi connectivity index (χ3n) is 5.04. The number of carbonyl (C=O) groups excluding carboxylic acids is 2. The number of rotatable bonds is 6. The average Bonchev–Trinajstić information content (AvgIpc) is 2.86. The summed E-state index contributed by atoms with van der Waals surface area (Å²) in [6.45, 7) is 3.78. The lowest BCUT2D eigenvalue weighted by Gasteiger charge is -2.43. The average molecular weight is 383 g/mol. The second-order valence-electron chi connectivity index (χ2n) is 7.44. The van der Waals surface area contributed by atoms with Gasteiger partial charge in [0.05, 0.1) is 12.1 Å². The Bertz CT molecular complexity index is 628. The van der Waals surface area contributed by atoms with Crippen LogP contribution in [0.15, 0.2) is 5.16 Å². The fourth-order valence-electron chi connectivity index (χ4n) is 3.72. The molecule has 3 atom stereocenters. The predicted octanol–water partition coefficient (Wildman–Crippen LogP) is 1.34. The lowest BCUT2D eigenvalue weighted by atomic mass is 9.96. The second kappa shape index (κ2) is 7.46. The number of aliphatic carboxylic acids is 1. The highest BCUT2D eigenvalue weighted by molar-refractivity contribution is 8.01. The molecule has 0 spiro atoms. The number of thioether (sulfide) groups is 1. The number of carbonyl (C=O) groups is 3. The molecule has 2 heterocycles. The number of nitrogens with one attached hydrogen (secondary N) is 1. The molecule has 1 saturated carbocycles. The van der Waals surface area contributed by atoms with Crippen molar-refractivity contribution in [1.82, 2.24) is 10.2 Å². The van der Waals surface area contributed by atoms with Gasteiger partial charge in [0.1, 0.15) is 24.1 Å². The number of carboxylic acid groups (broad SMARTS) is 1. The molecule has 3 rings (SSSR count). The number of hydrogen-bond donors (Lipinski definition) is 2. The Kier molecular flexibility index (Phi) is 5.45. The van der Waals surface area contributed by atoms with E-state index >= 15 is 0 Å². The van der Waals surface area contributed by atoms with Crippen LogP contribution < -0.4 is 5.32 Å². The van der Waals surface area contributed by atoms with E-state index in [0.717, 1.165) is 31.4 Å². The van der Waals surface area contributed by atoms with Crippen molar-refractivity contribution in [1.29, 1.82) is 0 Å². The molecule has 26 heavy (non-hydrogen) atoms. The summed E-state index contributed by atoms with van der Waals surface area (Å²) < 4.78 is -0.592. The van der Waals surface area contributed by atoms with Crippen LogP contribution in [0.25, 0.3) is 0 Å². The van der Waals surface area contributed by atoms with E-state index in [9.17, 15) is 19.5 Å². The third-order valence-corrected chi connectivity index (χ3v) is 6.61. The zero-order valence-electron chi connectivity index (χ0n) is 15.1. The molecular formula is C17H25N3O5S. The molecule has 2 N–H and O–H groups in total. The van der Waals surface area contributed by atoms with Crippen molar-refractivity contribution in [2.75, 3.05) is 6.61 Å². The Balaban J connectivity index is 1.46. The van der Waals surface area contributed by atoms with E-state index in [4.69, 9.17) is 4.84 Å². The van der Waals surface area contributed by atoms with Crippen LogP contribution in [0.5, 0.6) is 0 Å². The number of hydrogen-bond acceptors (Lipinski definition) is 6. The highest BCUT2D eigenvalue weighted by Crippen LogP contribution is 2.50. The van der Waals surface area contributed by atoms with Gasteiger partial charge in [-0.2, -0.15) is 0 Å². The number of nitrogens with zero attached hydrogens (tertiary/aromatic N) is 2. The quantitative estimate of drug-likeness (QED) is 0.407. The smallest absolute Gasteiger partial charge is 0.327 e. The molecule has 1 aliphatic carbocycles. The van der Waals surface area contributed by atoms with E-state index in [2.05, 4.69) is 10.5 Å². The fraction of sp³-hybridized carbons (Fsp3) is 0.765. The van der Waals surface area contributed by atoms with Gasteiger partial charge in [-0.25, -0.2) is 4.79 Å². The molecule has 3 fully saturated rings. The van der Waals surface area contributed by atoms with Crippen molar-refractivity contribution < 1.29 is 24.3 Å². The molecule has 0 radical (unpaired) electrons. The molecule has 2 unspecified atom stereocenters. The number of fused-ring (bicyclic) bond motifs is 1. The Morgan fingerprint density at radius 1 is 1.35 bits per heavy atom. The number of β-lactam (4-membered cyclic amide) rings is 1. The molecule has 0 aromatic rings. The zero-order valence-corrected chi connectivity index (χ0v) is 15.9. The van der Waals surface area contributed by atoms with Crippen molar-refractivity contribution >= 4 is 35.3 Å². The maximum atomic E-state index is 12.3. The van der Waals surface area contributed by atoms with E-state index in [-0.39, 0.29) is 30.2 Å². The van der Waals surface area contributed by atoms with Gasteiger partial charge < -0.3 is 20.2 Å². The Morgan fingerprint density at radius 3 is 2.69 bits per heavy atom. The van der Waals surface area contributed by atoms with E-state index in [1.165, 1.54) is 23.1 Å². The minimum atomic E-state index is -1.02. The first-order chi connectivity index (χ1) is 12.3. The first-order valence-corrected chi connectivity index (χ1v) is 9.89. The van der Waals surface area contributed by atoms with E-state index in [1.54, 1.807) is 13.8 Å². The second-order valence-corrected chi connectivity index (χ2v) is 9.22. The molecule has 3 aliphatic rings. The maximum Gasteiger partial charge on any atom is 0.327 e. The fourth-order valence-corrected chi connectivity index (χ4v) is 5.34. The van der Waals surface area contributed by atoms with Crippen molar-refractivity contribution in [2.45, 2.75) is 74.6 Å². The summed E-state index contributed by atoms with van der Waals surface area (Å²) in [5, 5.41) is 15.8. The normalized spacial score (nSPS) is 29.6. The van der Waals surface area contributed by atoms with Gasteiger partial charge in [0.15, 0.2) is 0 Å². The first kappa shape index (κ1) is 19.0. The molecule has 0 aromatic heterocycles. The van der Waals surface area contributed by atoms with Gasteiger partial charge in [-0.1, -0.05) is 11.6 Å². The van der Waals surface area contributed by atoms with Crippen molar-refractivity contribution in [3.8, 4) is 0 Å². The highest BCUT2D eigenvalue weighted by atomic mass is 32.2. The van der Waals surface area contributed by atoms with Gasteiger partial charge in [-0.05, 0) is 39.5 Å². The van der Waals surface area contributed by atoms with Gasteiger partial charge in [-0.15, -0.1) is 11.8 Å². The van der Waals surface area contributed by atoms with Gasteiger partial charge in [0, 0.05) is 4.75 Å².